The lowest BCUT2D eigenvalue weighted by atomic mass is 9.63. The van der Waals surface area contributed by atoms with Gasteiger partial charge in [-0.1, -0.05) is 124 Å². The van der Waals surface area contributed by atoms with Gasteiger partial charge in [-0.3, -0.25) is 4.90 Å². The molecule has 3 aromatic carbocycles. The minimum Gasteiger partial charge on any atom is -0.403 e. The summed E-state index contributed by atoms with van der Waals surface area (Å²) in [5.74, 6) is 0.197. The molecule has 0 bridgehead atoms. The van der Waals surface area contributed by atoms with Gasteiger partial charge in [-0.05, 0) is 44.4 Å². The lowest BCUT2D eigenvalue weighted by Gasteiger charge is -2.39. The van der Waals surface area contributed by atoms with Crippen LogP contribution in [0, 0.1) is 0 Å². The molecule has 0 radical (unpaired) electrons. The van der Waals surface area contributed by atoms with E-state index in [0.717, 1.165) is 19.5 Å². The first-order chi connectivity index (χ1) is 17.8. The van der Waals surface area contributed by atoms with Crippen molar-refractivity contribution in [3.63, 3.8) is 0 Å². The van der Waals surface area contributed by atoms with Crippen molar-refractivity contribution in [2.24, 2.45) is 0 Å². The van der Waals surface area contributed by atoms with E-state index in [2.05, 4.69) is 131 Å². The highest BCUT2D eigenvalue weighted by molar-refractivity contribution is 6.47. The van der Waals surface area contributed by atoms with Gasteiger partial charge in [0.1, 0.15) is 0 Å². The SMILES string of the molecule is CCCCC[C@@H](B1OC(C)(C)C(C)(C)O1)[C@@H](c1ccccc1)N(Cc1ccccc1)Cc1ccccc1. The summed E-state index contributed by atoms with van der Waals surface area (Å²) in [4.78, 5) is 2.64. The van der Waals surface area contributed by atoms with E-state index in [1.54, 1.807) is 0 Å². The Balaban J connectivity index is 1.78. The highest BCUT2D eigenvalue weighted by Crippen LogP contribution is 2.47. The fraction of sp³-hybridized carbons (Fsp3) is 0.455. The molecule has 37 heavy (non-hydrogen) atoms. The highest BCUT2D eigenvalue weighted by Gasteiger charge is 2.55. The monoisotopic (exact) mass is 497 g/mol. The van der Waals surface area contributed by atoms with Crippen LogP contribution in [0.1, 0.15) is 83.0 Å². The van der Waals surface area contributed by atoms with Crippen LogP contribution in [0.5, 0.6) is 0 Å². The molecule has 2 atom stereocenters. The van der Waals surface area contributed by atoms with E-state index >= 15 is 0 Å². The van der Waals surface area contributed by atoms with Gasteiger partial charge in [0, 0.05) is 24.9 Å². The minimum atomic E-state index is -0.356. The zero-order valence-corrected chi connectivity index (χ0v) is 23.4. The number of unbranched alkanes of at least 4 members (excludes halogenated alkanes) is 2. The second kappa shape index (κ2) is 12.4. The van der Waals surface area contributed by atoms with Crippen molar-refractivity contribution in [1.29, 1.82) is 0 Å². The van der Waals surface area contributed by atoms with E-state index in [1.807, 2.05) is 0 Å². The number of rotatable bonds is 12. The molecule has 4 rings (SSSR count). The molecule has 196 valence electrons. The smallest absolute Gasteiger partial charge is 0.403 e. The fourth-order valence-electron chi connectivity index (χ4n) is 5.40. The maximum Gasteiger partial charge on any atom is 0.463 e. The molecule has 0 aliphatic carbocycles. The van der Waals surface area contributed by atoms with Crippen LogP contribution in [0.25, 0.3) is 0 Å². The zero-order valence-electron chi connectivity index (χ0n) is 23.4. The van der Waals surface area contributed by atoms with Crippen LogP contribution >= 0.6 is 0 Å². The Morgan fingerprint density at radius 2 is 1.14 bits per heavy atom. The maximum atomic E-state index is 6.76. The molecule has 1 saturated heterocycles. The zero-order chi connectivity index (χ0) is 26.3. The molecule has 1 heterocycles. The largest absolute Gasteiger partial charge is 0.463 e. The first-order valence-electron chi connectivity index (χ1n) is 14.0. The van der Waals surface area contributed by atoms with E-state index in [1.165, 1.54) is 36.0 Å². The van der Waals surface area contributed by atoms with Gasteiger partial charge in [-0.2, -0.15) is 0 Å². The van der Waals surface area contributed by atoms with Gasteiger partial charge in [0.15, 0.2) is 0 Å². The normalized spacial score (nSPS) is 18.2. The van der Waals surface area contributed by atoms with Crippen molar-refractivity contribution >= 4 is 7.12 Å². The molecule has 0 unspecified atom stereocenters. The quantitative estimate of drug-likeness (QED) is 0.185. The number of hydrogen-bond acceptors (Lipinski definition) is 3. The summed E-state index contributed by atoms with van der Waals surface area (Å²) in [5.41, 5.74) is 3.25. The summed E-state index contributed by atoms with van der Waals surface area (Å²) in [7, 11) is -0.263. The first-order valence-corrected chi connectivity index (χ1v) is 14.0. The second-order valence-electron chi connectivity index (χ2n) is 11.5. The molecule has 1 aliphatic heterocycles. The van der Waals surface area contributed by atoms with Crippen molar-refractivity contribution in [3.05, 3.63) is 108 Å². The lowest BCUT2D eigenvalue weighted by Crippen LogP contribution is -2.41. The third kappa shape index (κ3) is 6.93. The molecule has 3 aromatic rings. The van der Waals surface area contributed by atoms with Crippen molar-refractivity contribution in [1.82, 2.24) is 4.90 Å². The number of benzene rings is 3. The van der Waals surface area contributed by atoms with Gasteiger partial charge >= 0.3 is 7.12 Å². The Morgan fingerprint density at radius 1 is 0.676 bits per heavy atom. The van der Waals surface area contributed by atoms with E-state index < -0.39 is 0 Å². The summed E-state index contributed by atoms with van der Waals surface area (Å²) in [6.45, 7) is 12.7. The van der Waals surface area contributed by atoms with Crippen molar-refractivity contribution in [3.8, 4) is 0 Å². The minimum absolute atomic E-state index is 0.146. The Bertz CT molecular complexity index is 1010. The van der Waals surface area contributed by atoms with Crippen LogP contribution in [0.4, 0.5) is 0 Å². The highest BCUT2D eigenvalue weighted by atomic mass is 16.7. The maximum absolute atomic E-state index is 6.76. The van der Waals surface area contributed by atoms with E-state index in [0.29, 0.717) is 0 Å². The van der Waals surface area contributed by atoms with E-state index in [9.17, 15) is 0 Å². The summed E-state index contributed by atoms with van der Waals surface area (Å²) in [5, 5.41) is 0. The Kier molecular flexibility index (Phi) is 9.29. The average molecular weight is 498 g/mol. The molecule has 0 amide bonds. The van der Waals surface area contributed by atoms with Gasteiger partial charge in [0.25, 0.3) is 0 Å². The van der Waals surface area contributed by atoms with Crippen molar-refractivity contribution in [2.75, 3.05) is 0 Å². The van der Waals surface area contributed by atoms with E-state index in [4.69, 9.17) is 9.31 Å². The van der Waals surface area contributed by atoms with Crippen LogP contribution in [-0.4, -0.2) is 23.2 Å². The molecular formula is C33H44BNO2. The van der Waals surface area contributed by atoms with Gasteiger partial charge in [0.05, 0.1) is 11.2 Å². The average Bonchev–Trinajstić information content (AvgIpc) is 3.11. The lowest BCUT2D eigenvalue weighted by molar-refractivity contribution is 0.00578. The number of nitrogens with zero attached hydrogens (tertiary/aromatic N) is 1. The molecular weight excluding hydrogens is 453 g/mol. The summed E-state index contributed by atoms with van der Waals surface area (Å²) < 4.78 is 13.5. The molecule has 4 heteroatoms. The predicted molar refractivity (Wildman–Crippen MR) is 155 cm³/mol. The van der Waals surface area contributed by atoms with Crippen LogP contribution < -0.4 is 0 Å². The van der Waals surface area contributed by atoms with Crippen molar-refractivity contribution in [2.45, 2.75) is 96.5 Å². The van der Waals surface area contributed by atoms with Crippen molar-refractivity contribution < 1.29 is 9.31 Å². The topological polar surface area (TPSA) is 21.7 Å². The fourth-order valence-corrected chi connectivity index (χ4v) is 5.40. The van der Waals surface area contributed by atoms with E-state index in [-0.39, 0.29) is 30.2 Å². The molecule has 0 spiro atoms. The molecule has 0 aromatic heterocycles. The third-order valence-corrected chi connectivity index (χ3v) is 8.16. The van der Waals surface area contributed by atoms with Gasteiger partial charge in [0.2, 0.25) is 0 Å². The third-order valence-electron chi connectivity index (χ3n) is 8.16. The Labute approximate surface area is 225 Å². The molecule has 1 fully saturated rings. The Morgan fingerprint density at radius 3 is 1.59 bits per heavy atom. The van der Waals surface area contributed by atoms with Gasteiger partial charge < -0.3 is 9.31 Å². The van der Waals surface area contributed by atoms with Crippen LogP contribution in [0.2, 0.25) is 5.82 Å². The summed E-state index contributed by atoms with van der Waals surface area (Å²) in [6.07, 6.45) is 4.64. The van der Waals surface area contributed by atoms with Gasteiger partial charge in [-0.25, -0.2) is 0 Å². The van der Waals surface area contributed by atoms with Crippen LogP contribution in [0.3, 0.4) is 0 Å². The first kappa shape index (κ1) is 27.6. The summed E-state index contributed by atoms with van der Waals surface area (Å²) in [6, 6.07) is 32.9. The predicted octanol–water partition coefficient (Wildman–Crippen LogP) is 8.47. The molecule has 0 N–H and O–H groups in total. The standard InChI is InChI=1S/C33H44BNO2/c1-6-7-11-24-30(34-36-32(2,3)33(4,5)37-34)31(29-22-16-10-17-23-29)35(25-27-18-12-8-13-19-27)26-28-20-14-9-15-21-28/h8-10,12-23,30-31H,6-7,11,24-26H2,1-5H3/t30-,31-/m1/s1. The number of hydrogen-bond donors (Lipinski definition) is 0. The molecule has 3 nitrogen and oxygen atoms in total. The van der Waals surface area contributed by atoms with Crippen LogP contribution in [-0.2, 0) is 22.4 Å². The molecule has 1 aliphatic rings. The summed E-state index contributed by atoms with van der Waals surface area (Å²) >= 11 is 0. The second-order valence-corrected chi connectivity index (χ2v) is 11.5. The Hall–Kier alpha value is -2.40. The molecule has 0 saturated carbocycles. The van der Waals surface area contributed by atoms with Crippen LogP contribution in [0.15, 0.2) is 91.0 Å². The van der Waals surface area contributed by atoms with Gasteiger partial charge in [-0.15, -0.1) is 0 Å².